The maximum absolute atomic E-state index is 13.2. The zero-order valence-corrected chi connectivity index (χ0v) is 21.2. The first kappa shape index (κ1) is 31.7. The van der Waals surface area contributed by atoms with Gasteiger partial charge in [-0.15, -0.1) is 0 Å². The quantitative estimate of drug-likeness (QED) is 0.110. The molecule has 11 nitrogen and oxygen atoms in total. The summed E-state index contributed by atoms with van der Waals surface area (Å²) < 4.78 is 14.6. The van der Waals surface area contributed by atoms with Gasteiger partial charge in [-0.1, -0.05) is 65.2 Å². The number of carbonyl (C=O) groups is 5. The lowest BCUT2D eigenvalue weighted by atomic mass is 9.82. The van der Waals surface area contributed by atoms with E-state index in [1.54, 1.807) is 0 Å². The molecule has 0 spiro atoms. The summed E-state index contributed by atoms with van der Waals surface area (Å²) >= 11 is 0. The van der Waals surface area contributed by atoms with Crippen LogP contribution in [0.5, 0.6) is 0 Å². The molecule has 3 unspecified atom stereocenters. The molecule has 1 aliphatic heterocycles. The summed E-state index contributed by atoms with van der Waals surface area (Å²) in [5, 5.41) is 30.3. The van der Waals surface area contributed by atoms with Gasteiger partial charge in [0.2, 0.25) is 23.9 Å². The fourth-order valence-electron chi connectivity index (χ4n) is 3.84. The lowest BCUT2D eigenvalue weighted by molar-refractivity contribution is -0.194. The molecule has 1 rings (SSSR count). The second-order valence-electron chi connectivity index (χ2n) is 8.97. The minimum atomic E-state index is -3.06. The van der Waals surface area contributed by atoms with Crippen molar-refractivity contribution in [3.05, 3.63) is 0 Å². The molecule has 3 N–H and O–H groups in total. The highest BCUT2D eigenvalue weighted by Crippen LogP contribution is 2.27. The Morgan fingerprint density at radius 1 is 0.667 bits per heavy atom. The van der Waals surface area contributed by atoms with Crippen LogP contribution in [0.15, 0.2) is 0 Å². The van der Waals surface area contributed by atoms with Crippen LogP contribution in [-0.2, 0) is 38.2 Å². The highest BCUT2D eigenvalue weighted by atomic mass is 16.7. The number of ether oxygens (including phenoxy) is 3. The number of aliphatic hydroxyl groups is 3. The number of unbranched alkanes of at least 4 members (excludes halogenated alkanes) is 8. The summed E-state index contributed by atoms with van der Waals surface area (Å²) in [4.78, 5) is 64.0. The number of carbonyl (C=O) groups excluding carboxylic acids is 5. The van der Waals surface area contributed by atoms with E-state index in [0.717, 1.165) is 38.5 Å². The van der Waals surface area contributed by atoms with Crippen molar-refractivity contribution in [3.8, 4) is 0 Å². The average molecular weight is 517 g/mol. The van der Waals surface area contributed by atoms with Gasteiger partial charge in [0.1, 0.15) is 0 Å². The number of esters is 3. The molecular weight excluding hydrogens is 476 g/mol. The first-order valence-electron chi connectivity index (χ1n) is 12.8. The molecule has 0 aromatic heterocycles. The number of hydrogen-bond acceptors (Lipinski definition) is 11. The van der Waals surface area contributed by atoms with Crippen LogP contribution in [0.1, 0.15) is 90.9 Å². The summed E-state index contributed by atoms with van der Waals surface area (Å²) in [7, 11) is 0. The van der Waals surface area contributed by atoms with E-state index in [2.05, 4.69) is 0 Å². The van der Waals surface area contributed by atoms with E-state index in [1.165, 1.54) is 0 Å². The first-order chi connectivity index (χ1) is 17.2. The Kier molecular flexibility index (Phi) is 14.4. The van der Waals surface area contributed by atoms with Gasteiger partial charge in [-0.25, -0.2) is 14.4 Å². The van der Waals surface area contributed by atoms with E-state index in [9.17, 15) is 39.3 Å². The monoisotopic (exact) mass is 516 g/mol. The fourth-order valence-corrected chi connectivity index (χ4v) is 3.84. The van der Waals surface area contributed by atoms with Gasteiger partial charge in [-0.2, -0.15) is 0 Å². The Hall–Kier alpha value is -2.37. The molecule has 0 aromatic carbocycles. The molecule has 1 fully saturated rings. The lowest BCUT2D eigenvalue weighted by Crippen LogP contribution is -2.61. The number of hydrogen-bond donors (Lipinski definition) is 3. The third-order valence-electron chi connectivity index (χ3n) is 6.07. The molecule has 0 saturated carbocycles. The molecule has 0 amide bonds. The van der Waals surface area contributed by atoms with Crippen LogP contribution in [0.4, 0.5) is 0 Å². The zero-order valence-electron chi connectivity index (χ0n) is 21.2. The maximum atomic E-state index is 13.2. The van der Waals surface area contributed by atoms with Crippen molar-refractivity contribution >= 4 is 29.5 Å². The first-order valence-corrected chi connectivity index (χ1v) is 12.8. The SMILES string of the molecule is CCCCCCCC(=O)C(O)(C(=O)CCCCCCC)C1OC(=O)C(CO)OC(=O)C(CO)OC1=O. The van der Waals surface area contributed by atoms with Crippen molar-refractivity contribution in [1.82, 2.24) is 0 Å². The van der Waals surface area contributed by atoms with Crippen LogP contribution >= 0.6 is 0 Å². The molecule has 206 valence electrons. The summed E-state index contributed by atoms with van der Waals surface area (Å²) in [5.41, 5.74) is -3.06. The Labute approximate surface area is 211 Å². The smallest absolute Gasteiger partial charge is 0.352 e. The van der Waals surface area contributed by atoms with Crippen LogP contribution in [0.2, 0.25) is 0 Å². The molecule has 1 heterocycles. The number of cyclic esters (lactones) is 3. The summed E-state index contributed by atoms with van der Waals surface area (Å²) in [6, 6.07) is 0. The number of aliphatic hydroxyl groups excluding tert-OH is 2. The summed E-state index contributed by atoms with van der Waals surface area (Å²) in [6.45, 7) is 1.96. The van der Waals surface area contributed by atoms with E-state index >= 15 is 0 Å². The fraction of sp³-hybridized carbons (Fsp3) is 0.800. The van der Waals surface area contributed by atoms with Crippen molar-refractivity contribution in [2.75, 3.05) is 13.2 Å². The van der Waals surface area contributed by atoms with Crippen molar-refractivity contribution in [2.24, 2.45) is 0 Å². The van der Waals surface area contributed by atoms with Crippen LogP contribution in [-0.4, -0.2) is 81.9 Å². The van der Waals surface area contributed by atoms with Crippen molar-refractivity contribution in [1.29, 1.82) is 0 Å². The minimum Gasteiger partial charge on any atom is -0.445 e. The highest BCUT2D eigenvalue weighted by Gasteiger charge is 2.57. The highest BCUT2D eigenvalue weighted by molar-refractivity contribution is 6.14. The Morgan fingerprint density at radius 3 is 1.47 bits per heavy atom. The second-order valence-corrected chi connectivity index (χ2v) is 8.97. The minimum absolute atomic E-state index is 0.259. The molecule has 3 atom stereocenters. The number of rotatable bonds is 17. The third-order valence-corrected chi connectivity index (χ3v) is 6.07. The lowest BCUT2D eigenvalue weighted by Gasteiger charge is -2.32. The molecule has 0 bridgehead atoms. The van der Waals surface area contributed by atoms with E-state index in [1.807, 2.05) is 13.8 Å². The topological polar surface area (TPSA) is 174 Å². The number of ketones is 2. The zero-order chi connectivity index (χ0) is 27.1. The van der Waals surface area contributed by atoms with E-state index in [0.29, 0.717) is 25.7 Å². The maximum Gasteiger partial charge on any atom is 0.352 e. The Morgan fingerprint density at radius 2 is 1.06 bits per heavy atom. The molecule has 36 heavy (non-hydrogen) atoms. The van der Waals surface area contributed by atoms with Gasteiger partial charge in [0.05, 0.1) is 13.2 Å². The molecule has 0 aliphatic carbocycles. The Balaban J connectivity index is 3.28. The van der Waals surface area contributed by atoms with Gasteiger partial charge in [0.15, 0.2) is 11.6 Å². The van der Waals surface area contributed by atoms with Gasteiger partial charge < -0.3 is 29.5 Å². The number of Topliss-reactive ketones (excluding diaryl/α,β-unsaturated/α-hetero) is 2. The van der Waals surface area contributed by atoms with Crippen molar-refractivity contribution in [3.63, 3.8) is 0 Å². The van der Waals surface area contributed by atoms with Gasteiger partial charge in [0, 0.05) is 12.8 Å². The van der Waals surface area contributed by atoms with Gasteiger partial charge in [-0.3, -0.25) is 9.59 Å². The van der Waals surface area contributed by atoms with E-state index in [-0.39, 0.29) is 12.8 Å². The molecule has 11 heteroatoms. The Bertz CT molecular complexity index is 720. The second kappa shape index (κ2) is 16.4. The van der Waals surface area contributed by atoms with E-state index in [4.69, 9.17) is 14.2 Å². The van der Waals surface area contributed by atoms with Crippen LogP contribution < -0.4 is 0 Å². The van der Waals surface area contributed by atoms with Gasteiger partial charge in [-0.05, 0) is 12.8 Å². The van der Waals surface area contributed by atoms with Crippen molar-refractivity contribution in [2.45, 2.75) is 115 Å². The van der Waals surface area contributed by atoms with Gasteiger partial charge in [0.25, 0.3) is 0 Å². The van der Waals surface area contributed by atoms with Crippen LogP contribution in [0.25, 0.3) is 0 Å². The van der Waals surface area contributed by atoms with E-state index < -0.39 is 66.6 Å². The van der Waals surface area contributed by atoms with Crippen molar-refractivity contribution < 1.29 is 53.5 Å². The summed E-state index contributed by atoms with van der Waals surface area (Å²) in [5.74, 6) is -6.37. The predicted octanol–water partition coefficient (Wildman–Crippen LogP) is 1.31. The molecular formula is C25H40O11. The average Bonchev–Trinajstić information content (AvgIpc) is 2.91. The third kappa shape index (κ3) is 8.94. The molecule has 1 aliphatic rings. The van der Waals surface area contributed by atoms with Crippen LogP contribution in [0.3, 0.4) is 0 Å². The molecule has 0 aromatic rings. The predicted molar refractivity (Wildman–Crippen MR) is 126 cm³/mol. The normalized spacial score (nSPS) is 21.0. The van der Waals surface area contributed by atoms with Gasteiger partial charge >= 0.3 is 17.9 Å². The molecule has 0 radical (unpaired) electrons. The standard InChI is InChI=1S/C25H40O11/c1-3-5-7-9-11-13-19(28)25(33,20(29)14-12-10-8-6-4-2)21-24(32)35-17(15-26)22(30)34-18(16-27)23(31)36-21/h17-18,21,26-27,33H,3-16H2,1-2H3. The van der Waals surface area contributed by atoms with Crippen LogP contribution in [0, 0.1) is 0 Å². The molecule has 1 saturated heterocycles. The largest absolute Gasteiger partial charge is 0.445 e. The summed E-state index contributed by atoms with van der Waals surface area (Å²) in [6.07, 6.45) is 0.687.